The van der Waals surface area contributed by atoms with Gasteiger partial charge in [-0.2, -0.15) is 0 Å². The van der Waals surface area contributed by atoms with E-state index in [2.05, 4.69) is 0 Å². The van der Waals surface area contributed by atoms with E-state index >= 15 is 0 Å². The lowest BCUT2D eigenvalue weighted by Crippen LogP contribution is -2.05. The highest BCUT2D eigenvalue weighted by molar-refractivity contribution is 5.79. The van der Waals surface area contributed by atoms with Gasteiger partial charge in [-0.25, -0.2) is 0 Å². The first-order valence-electron chi connectivity index (χ1n) is 5.38. The Morgan fingerprint density at radius 2 is 1.88 bits per heavy atom. The molecule has 0 aliphatic carbocycles. The van der Waals surface area contributed by atoms with Gasteiger partial charge in [0, 0.05) is 12.5 Å². The highest BCUT2D eigenvalue weighted by Crippen LogP contribution is 2.29. The Morgan fingerprint density at radius 3 is 2.41 bits per heavy atom. The fourth-order valence-corrected chi connectivity index (χ4v) is 1.65. The molecule has 0 amide bonds. The number of allylic oxidation sites excluding steroid dienone is 1. The number of carbonyl (C=O) groups is 2. The average Bonchev–Trinajstić information content (AvgIpc) is 2.25. The lowest BCUT2D eigenvalue weighted by Gasteiger charge is -2.13. The maximum atomic E-state index is 11.0. The lowest BCUT2D eigenvalue weighted by molar-refractivity contribution is -0.131. The molecular formula is C14H16O3. The standard InChI is InChI=1S/C14H16O3/c1-9-8-14(17-12(4)16)13(6-5-7-15)11(3)10(9)2/h5-8H,1-4H3/b6-5-. The van der Waals surface area contributed by atoms with Crippen LogP contribution in [0.1, 0.15) is 29.2 Å². The summed E-state index contributed by atoms with van der Waals surface area (Å²) in [5.41, 5.74) is 3.98. The Morgan fingerprint density at radius 1 is 1.24 bits per heavy atom. The quantitative estimate of drug-likeness (QED) is 0.348. The number of benzene rings is 1. The van der Waals surface area contributed by atoms with E-state index in [1.54, 1.807) is 6.08 Å². The van der Waals surface area contributed by atoms with Crippen molar-refractivity contribution in [3.8, 4) is 5.75 Å². The van der Waals surface area contributed by atoms with Crippen molar-refractivity contribution in [3.05, 3.63) is 34.4 Å². The molecule has 17 heavy (non-hydrogen) atoms. The van der Waals surface area contributed by atoms with Gasteiger partial charge in [-0.05, 0) is 55.7 Å². The van der Waals surface area contributed by atoms with E-state index in [0.717, 1.165) is 22.3 Å². The topological polar surface area (TPSA) is 43.4 Å². The third-order valence-electron chi connectivity index (χ3n) is 2.77. The van der Waals surface area contributed by atoms with Gasteiger partial charge in [0.25, 0.3) is 0 Å². The summed E-state index contributed by atoms with van der Waals surface area (Å²) in [4.78, 5) is 21.4. The van der Waals surface area contributed by atoms with E-state index < -0.39 is 0 Å². The minimum absolute atomic E-state index is 0.367. The van der Waals surface area contributed by atoms with Gasteiger partial charge in [0.2, 0.25) is 0 Å². The first kappa shape index (κ1) is 13.2. The molecule has 0 aliphatic rings. The molecule has 0 heterocycles. The number of hydrogen-bond donors (Lipinski definition) is 0. The molecule has 3 heteroatoms. The molecular weight excluding hydrogens is 216 g/mol. The molecule has 0 N–H and O–H groups in total. The summed E-state index contributed by atoms with van der Waals surface area (Å²) in [6.45, 7) is 7.26. The lowest BCUT2D eigenvalue weighted by atomic mass is 9.97. The van der Waals surface area contributed by atoms with Crippen molar-refractivity contribution in [1.29, 1.82) is 0 Å². The molecule has 0 saturated heterocycles. The smallest absolute Gasteiger partial charge is 0.308 e. The predicted octanol–water partition coefficient (Wildman–Crippen LogP) is 2.75. The Kier molecular flexibility index (Phi) is 4.21. The molecule has 1 rings (SSSR count). The van der Waals surface area contributed by atoms with Crippen LogP contribution in [0.2, 0.25) is 0 Å². The number of aldehydes is 1. The number of hydrogen-bond acceptors (Lipinski definition) is 3. The van der Waals surface area contributed by atoms with Crippen LogP contribution >= 0.6 is 0 Å². The van der Waals surface area contributed by atoms with Gasteiger partial charge in [-0.1, -0.05) is 0 Å². The maximum Gasteiger partial charge on any atom is 0.308 e. The van der Waals surface area contributed by atoms with Crippen molar-refractivity contribution in [2.24, 2.45) is 0 Å². The minimum atomic E-state index is -0.367. The largest absolute Gasteiger partial charge is 0.426 e. The molecule has 0 bridgehead atoms. The molecule has 0 aromatic heterocycles. The van der Waals surface area contributed by atoms with Crippen LogP contribution in [0.25, 0.3) is 6.08 Å². The second-order valence-electron chi connectivity index (χ2n) is 3.94. The van der Waals surface area contributed by atoms with Gasteiger partial charge >= 0.3 is 5.97 Å². The van der Waals surface area contributed by atoms with E-state index in [1.807, 2.05) is 26.8 Å². The summed E-state index contributed by atoms with van der Waals surface area (Å²) < 4.78 is 5.15. The fourth-order valence-electron chi connectivity index (χ4n) is 1.65. The van der Waals surface area contributed by atoms with Gasteiger partial charge in [-0.3, -0.25) is 9.59 Å². The molecule has 1 aromatic rings. The van der Waals surface area contributed by atoms with E-state index in [1.165, 1.54) is 13.0 Å². The van der Waals surface area contributed by atoms with E-state index in [4.69, 9.17) is 4.74 Å². The van der Waals surface area contributed by atoms with Gasteiger partial charge in [0.1, 0.15) is 12.0 Å². The van der Waals surface area contributed by atoms with Crippen molar-refractivity contribution >= 4 is 18.3 Å². The first-order chi connectivity index (χ1) is 7.97. The zero-order valence-corrected chi connectivity index (χ0v) is 10.5. The summed E-state index contributed by atoms with van der Waals surface area (Å²) >= 11 is 0. The number of esters is 1. The Hall–Kier alpha value is -1.90. The van der Waals surface area contributed by atoms with E-state index in [0.29, 0.717) is 12.0 Å². The third kappa shape index (κ3) is 3.03. The zero-order valence-electron chi connectivity index (χ0n) is 10.5. The molecule has 0 saturated carbocycles. The SMILES string of the molecule is CC(=O)Oc1cc(C)c(C)c(C)c1/C=C\C=O. The van der Waals surface area contributed by atoms with Gasteiger partial charge < -0.3 is 4.74 Å². The summed E-state index contributed by atoms with van der Waals surface area (Å²) in [6.07, 6.45) is 3.75. The summed E-state index contributed by atoms with van der Waals surface area (Å²) in [7, 11) is 0. The normalized spacial score (nSPS) is 10.6. The zero-order chi connectivity index (χ0) is 13.0. The molecule has 3 nitrogen and oxygen atoms in total. The molecule has 90 valence electrons. The van der Waals surface area contributed by atoms with Crippen molar-refractivity contribution in [2.45, 2.75) is 27.7 Å². The number of aryl methyl sites for hydroxylation is 1. The molecule has 0 fully saturated rings. The minimum Gasteiger partial charge on any atom is -0.426 e. The van der Waals surface area contributed by atoms with Gasteiger partial charge in [0.05, 0.1) is 0 Å². The molecule has 0 atom stereocenters. The van der Waals surface area contributed by atoms with Crippen LogP contribution in [0.15, 0.2) is 12.1 Å². The Bertz CT molecular complexity index is 485. The highest BCUT2D eigenvalue weighted by atomic mass is 16.5. The second kappa shape index (κ2) is 5.43. The second-order valence-corrected chi connectivity index (χ2v) is 3.94. The van der Waals surface area contributed by atoms with Crippen LogP contribution in [-0.4, -0.2) is 12.3 Å². The average molecular weight is 232 g/mol. The van der Waals surface area contributed by atoms with Gasteiger partial charge in [-0.15, -0.1) is 0 Å². The summed E-state index contributed by atoms with van der Waals surface area (Å²) in [5, 5.41) is 0. The van der Waals surface area contributed by atoms with Crippen molar-refractivity contribution < 1.29 is 14.3 Å². The number of carbonyl (C=O) groups excluding carboxylic acids is 2. The van der Waals surface area contributed by atoms with Crippen molar-refractivity contribution in [1.82, 2.24) is 0 Å². The summed E-state index contributed by atoms with van der Waals surface area (Å²) in [6, 6.07) is 1.81. The van der Waals surface area contributed by atoms with Crippen LogP contribution in [0, 0.1) is 20.8 Å². The molecule has 1 aromatic carbocycles. The third-order valence-corrected chi connectivity index (χ3v) is 2.77. The number of ether oxygens (including phenoxy) is 1. The number of rotatable bonds is 3. The van der Waals surface area contributed by atoms with Crippen LogP contribution in [0.4, 0.5) is 0 Å². The van der Waals surface area contributed by atoms with Crippen molar-refractivity contribution in [3.63, 3.8) is 0 Å². The van der Waals surface area contributed by atoms with E-state index in [-0.39, 0.29) is 5.97 Å². The Balaban J connectivity index is 3.39. The van der Waals surface area contributed by atoms with Crippen LogP contribution in [0.3, 0.4) is 0 Å². The maximum absolute atomic E-state index is 11.0. The molecule has 0 spiro atoms. The van der Waals surface area contributed by atoms with Gasteiger partial charge in [0.15, 0.2) is 0 Å². The monoisotopic (exact) mass is 232 g/mol. The van der Waals surface area contributed by atoms with Crippen LogP contribution in [-0.2, 0) is 9.59 Å². The molecule has 0 aliphatic heterocycles. The molecule has 0 radical (unpaired) electrons. The first-order valence-corrected chi connectivity index (χ1v) is 5.38. The molecule has 0 unspecified atom stereocenters. The van der Waals surface area contributed by atoms with Crippen LogP contribution in [0.5, 0.6) is 5.75 Å². The van der Waals surface area contributed by atoms with Crippen molar-refractivity contribution in [2.75, 3.05) is 0 Å². The fraction of sp³-hybridized carbons (Fsp3) is 0.286. The van der Waals surface area contributed by atoms with Crippen LogP contribution < -0.4 is 4.74 Å². The highest BCUT2D eigenvalue weighted by Gasteiger charge is 2.11. The summed E-state index contributed by atoms with van der Waals surface area (Å²) in [5.74, 6) is 0.129. The Labute approximate surface area is 101 Å². The predicted molar refractivity (Wildman–Crippen MR) is 67.1 cm³/mol. The van der Waals surface area contributed by atoms with E-state index in [9.17, 15) is 9.59 Å².